The minimum absolute atomic E-state index is 0.0176. The monoisotopic (exact) mass is 718 g/mol. The number of fused-ring (bicyclic) bond motifs is 2. The van der Waals surface area contributed by atoms with Crippen molar-refractivity contribution < 1.29 is 33.0 Å². The van der Waals surface area contributed by atoms with Crippen molar-refractivity contribution in [2.24, 2.45) is 23.7 Å². The van der Waals surface area contributed by atoms with E-state index in [0.717, 1.165) is 3.57 Å². The molecule has 0 aromatic heterocycles. The summed E-state index contributed by atoms with van der Waals surface area (Å²) in [5.74, 6) is -3.64. The van der Waals surface area contributed by atoms with Gasteiger partial charge >= 0.3 is 17.9 Å². The molecule has 36 heavy (non-hydrogen) atoms. The first-order valence-corrected chi connectivity index (χ1v) is 13.6. The molecular weight excluding hydrogens is 693 g/mol. The van der Waals surface area contributed by atoms with Crippen LogP contribution < -0.4 is 4.74 Å². The van der Waals surface area contributed by atoms with Gasteiger partial charge in [0.2, 0.25) is 0 Å². The molecule has 1 fully saturated rings. The number of esters is 3. The molecule has 2 aromatic rings. The number of ether oxygens (including phenoxy) is 3. The van der Waals surface area contributed by atoms with E-state index in [-0.39, 0.29) is 35.6 Å². The third-order valence-electron chi connectivity index (χ3n) is 6.13. The predicted molar refractivity (Wildman–Crippen MR) is 147 cm³/mol. The highest BCUT2D eigenvalue weighted by molar-refractivity contribution is 14.1. The Labute approximate surface area is 236 Å². The Bertz CT molecular complexity index is 1220. The van der Waals surface area contributed by atoms with Crippen LogP contribution in [0, 0.1) is 36.6 Å². The van der Waals surface area contributed by atoms with Crippen molar-refractivity contribution in [1.29, 1.82) is 0 Å². The minimum atomic E-state index is -0.734. The molecule has 9 heteroatoms. The zero-order chi connectivity index (χ0) is 26.2. The average molecular weight is 718 g/mol. The van der Waals surface area contributed by atoms with E-state index in [2.05, 4.69) is 22.6 Å². The van der Waals surface area contributed by atoms with E-state index in [4.69, 9.17) is 14.2 Å². The number of allylic oxidation sites excluding steroid dienone is 2. The van der Waals surface area contributed by atoms with Crippen LogP contribution in [-0.2, 0) is 25.7 Å². The minimum Gasteiger partial charge on any atom is -0.461 e. The second kappa shape index (κ2) is 10.8. The molecule has 2 aliphatic carbocycles. The predicted octanol–water partition coefficient (Wildman–Crippen LogP) is 6.08. The zero-order valence-electron chi connectivity index (χ0n) is 19.9. The molecule has 0 amide bonds. The molecule has 4 rings (SSSR count). The first-order valence-electron chi connectivity index (χ1n) is 11.5. The number of carbonyl (C=O) groups is 3. The lowest BCUT2D eigenvalue weighted by atomic mass is 9.83. The SMILES string of the molecule is CC(C)(C)OC(=O)c1cc(I)cc(I)c1OC(=O)C1C2C=CC(C2)C1C(=O)OCc1ccc(F)cc1. The molecule has 4 atom stereocenters. The van der Waals surface area contributed by atoms with Crippen LogP contribution in [0.5, 0.6) is 5.75 Å². The summed E-state index contributed by atoms with van der Waals surface area (Å²) >= 11 is 4.11. The van der Waals surface area contributed by atoms with Gasteiger partial charge in [-0.25, -0.2) is 9.18 Å². The van der Waals surface area contributed by atoms with Gasteiger partial charge in [0.1, 0.15) is 23.6 Å². The largest absolute Gasteiger partial charge is 0.461 e. The number of halogens is 3. The highest BCUT2D eigenvalue weighted by Crippen LogP contribution is 2.49. The Hall–Kier alpha value is -2.02. The quantitative estimate of drug-likeness (QED) is 0.156. The van der Waals surface area contributed by atoms with Crippen molar-refractivity contribution in [3.05, 3.63) is 72.6 Å². The van der Waals surface area contributed by atoms with Crippen molar-refractivity contribution in [3.63, 3.8) is 0 Å². The summed E-state index contributed by atoms with van der Waals surface area (Å²) in [7, 11) is 0. The van der Waals surface area contributed by atoms with Crippen LogP contribution >= 0.6 is 45.2 Å². The maximum absolute atomic E-state index is 13.5. The van der Waals surface area contributed by atoms with Crippen molar-refractivity contribution in [3.8, 4) is 5.75 Å². The highest BCUT2D eigenvalue weighted by atomic mass is 127. The van der Waals surface area contributed by atoms with Crippen LogP contribution in [0.15, 0.2) is 48.6 Å². The second-order valence-electron chi connectivity index (χ2n) is 9.92. The van der Waals surface area contributed by atoms with Gasteiger partial charge in [-0.05, 0) is 114 Å². The Morgan fingerprint density at radius 3 is 2.19 bits per heavy atom. The van der Waals surface area contributed by atoms with Crippen LogP contribution in [0.3, 0.4) is 0 Å². The standard InChI is InChI=1S/C27H25FI2O6/c1-27(2,3)36-24(31)19-11-18(29)12-20(30)23(19)35-26(33)22-16-7-6-15(10-16)21(22)25(32)34-13-14-4-8-17(28)9-5-14/h4-9,11-12,15-16,21-22H,10,13H2,1-3H3. The molecular formula is C27H25FI2O6. The molecule has 0 aliphatic heterocycles. The van der Waals surface area contributed by atoms with Gasteiger partial charge in [-0.2, -0.15) is 0 Å². The summed E-state index contributed by atoms with van der Waals surface area (Å²) in [5, 5.41) is 0. The summed E-state index contributed by atoms with van der Waals surface area (Å²) in [5.41, 5.74) is 0.0848. The molecule has 2 aromatic carbocycles. The molecule has 0 saturated heterocycles. The highest BCUT2D eigenvalue weighted by Gasteiger charge is 2.53. The van der Waals surface area contributed by atoms with E-state index in [1.54, 1.807) is 45.0 Å². The fourth-order valence-corrected chi connectivity index (χ4v) is 6.57. The molecule has 0 heterocycles. The molecule has 4 unspecified atom stereocenters. The van der Waals surface area contributed by atoms with Gasteiger partial charge in [0.25, 0.3) is 0 Å². The second-order valence-corrected chi connectivity index (χ2v) is 12.3. The summed E-state index contributed by atoms with van der Waals surface area (Å²) in [6, 6.07) is 9.11. The van der Waals surface area contributed by atoms with Crippen LogP contribution in [-0.4, -0.2) is 23.5 Å². The van der Waals surface area contributed by atoms with Crippen molar-refractivity contribution >= 4 is 63.1 Å². The van der Waals surface area contributed by atoms with E-state index >= 15 is 0 Å². The van der Waals surface area contributed by atoms with Crippen LogP contribution in [0.1, 0.15) is 43.1 Å². The Kier molecular flexibility index (Phi) is 8.08. The summed E-state index contributed by atoms with van der Waals surface area (Å²) in [6.45, 7) is 5.27. The third-order valence-corrected chi connectivity index (χ3v) is 7.55. The van der Waals surface area contributed by atoms with E-state index in [1.165, 1.54) is 12.1 Å². The molecule has 2 aliphatic rings. The Morgan fingerprint density at radius 2 is 1.58 bits per heavy atom. The van der Waals surface area contributed by atoms with Crippen molar-refractivity contribution in [1.82, 2.24) is 0 Å². The van der Waals surface area contributed by atoms with Crippen molar-refractivity contribution in [2.75, 3.05) is 0 Å². The van der Waals surface area contributed by atoms with Gasteiger partial charge in [0.15, 0.2) is 5.75 Å². The molecule has 0 radical (unpaired) electrons. The van der Waals surface area contributed by atoms with E-state index in [1.807, 2.05) is 34.7 Å². The van der Waals surface area contributed by atoms with Crippen LogP contribution in [0.25, 0.3) is 0 Å². The van der Waals surface area contributed by atoms with E-state index in [9.17, 15) is 18.8 Å². The Morgan fingerprint density at radius 1 is 0.972 bits per heavy atom. The molecule has 2 bridgehead atoms. The van der Waals surface area contributed by atoms with Gasteiger partial charge in [-0.1, -0.05) is 24.3 Å². The number of rotatable bonds is 6. The lowest BCUT2D eigenvalue weighted by Crippen LogP contribution is -2.37. The van der Waals surface area contributed by atoms with Crippen molar-refractivity contribution in [2.45, 2.75) is 39.4 Å². The number of hydrogen-bond acceptors (Lipinski definition) is 6. The lowest BCUT2D eigenvalue weighted by Gasteiger charge is -2.26. The van der Waals surface area contributed by atoms with Crippen LogP contribution in [0.2, 0.25) is 0 Å². The lowest BCUT2D eigenvalue weighted by molar-refractivity contribution is -0.158. The van der Waals surface area contributed by atoms with Gasteiger partial charge in [0.05, 0.1) is 15.4 Å². The maximum Gasteiger partial charge on any atom is 0.342 e. The first kappa shape index (κ1) is 27.0. The molecule has 6 nitrogen and oxygen atoms in total. The normalized spacial score (nSPS) is 22.4. The molecule has 0 spiro atoms. The van der Waals surface area contributed by atoms with Gasteiger partial charge in [-0.3, -0.25) is 9.59 Å². The number of carbonyl (C=O) groups excluding carboxylic acids is 3. The average Bonchev–Trinajstić information content (AvgIpc) is 3.40. The maximum atomic E-state index is 13.5. The summed E-state index contributed by atoms with van der Waals surface area (Å²) < 4.78 is 31.4. The van der Waals surface area contributed by atoms with E-state index in [0.29, 0.717) is 15.6 Å². The topological polar surface area (TPSA) is 78.9 Å². The van der Waals surface area contributed by atoms with Gasteiger partial charge in [-0.15, -0.1) is 0 Å². The third kappa shape index (κ3) is 6.09. The summed E-state index contributed by atoms with van der Waals surface area (Å²) in [4.78, 5) is 39.4. The zero-order valence-corrected chi connectivity index (χ0v) is 24.2. The summed E-state index contributed by atoms with van der Waals surface area (Å²) in [6.07, 6.45) is 4.53. The molecule has 1 saturated carbocycles. The van der Waals surface area contributed by atoms with Gasteiger partial charge < -0.3 is 14.2 Å². The smallest absolute Gasteiger partial charge is 0.342 e. The first-order chi connectivity index (χ1) is 16.9. The molecule has 190 valence electrons. The Balaban J connectivity index is 1.54. The van der Waals surface area contributed by atoms with Gasteiger partial charge in [0, 0.05) is 3.57 Å². The fraction of sp³-hybridized carbons (Fsp3) is 0.370. The molecule has 0 N–H and O–H groups in total. The number of benzene rings is 2. The van der Waals surface area contributed by atoms with Crippen LogP contribution in [0.4, 0.5) is 4.39 Å². The fourth-order valence-electron chi connectivity index (χ4n) is 4.61. The number of hydrogen-bond donors (Lipinski definition) is 0. The van der Waals surface area contributed by atoms with E-state index < -0.39 is 35.3 Å².